The average molecular weight is 729 g/mol. The Kier molecular flexibility index (Phi) is 9.01. The highest BCUT2D eigenvalue weighted by Gasteiger charge is 2.70. The largest absolute Gasteiger partial charge is 0.481 e. The Morgan fingerprint density at radius 2 is 1.46 bits per heavy atom. The summed E-state index contributed by atoms with van der Waals surface area (Å²) >= 11 is 0. The van der Waals surface area contributed by atoms with E-state index in [2.05, 4.69) is 54.5 Å². The molecule has 6 fully saturated rings. The van der Waals surface area contributed by atoms with Crippen LogP contribution in [-0.2, 0) is 42.8 Å². The van der Waals surface area contributed by atoms with E-state index in [-0.39, 0.29) is 39.1 Å². The fourth-order valence-electron chi connectivity index (χ4n) is 13.5. The minimum Gasteiger partial charge on any atom is -0.481 e. The highest BCUT2D eigenvalue weighted by molar-refractivity contribution is 5.76. The molecule has 2 saturated heterocycles. The van der Waals surface area contributed by atoms with Crippen molar-refractivity contribution in [2.75, 3.05) is 0 Å². The molecule has 52 heavy (non-hydrogen) atoms. The molecule has 2 heterocycles. The second kappa shape index (κ2) is 12.2. The highest BCUT2D eigenvalue weighted by Crippen LogP contribution is 2.76. The molecule has 0 aromatic carbocycles. The second-order valence-electron chi connectivity index (χ2n) is 20.1. The number of carboxylic acids is 1. The van der Waals surface area contributed by atoms with Gasteiger partial charge >= 0.3 is 17.9 Å². The first-order chi connectivity index (χ1) is 24.0. The number of ether oxygens (including phenoxy) is 6. The van der Waals surface area contributed by atoms with Crippen LogP contribution in [0.15, 0.2) is 11.6 Å². The zero-order valence-electron chi connectivity index (χ0n) is 33.5. The van der Waals surface area contributed by atoms with Gasteiger partial charge in [-0.2, -0.15) is 0 Å². The van der Waals surface area contributed by atoms with E-state index in [1.807, 2.05) is 0 Å². The number of esters is 2. The van der Waals surface area contributed by atoms with Crippen LogP contribution in [0.1, 0.15) is 140 Å². The summed E-state index contributed by atoms with van der Waals surface area (Å²) in [7, 11) is 0. The van der Waals surface area contributed by atoms with Crippen LogP contribution in [0.3, 0.4) is 0 Å². The third-order valence-electron chi connectivity index (χ3n) is 16.4. The summed E-state index contributed by atoms with van der Waals surface area (Å²) in [5.74, 6) is -2.11. The summed E-state index contributed by atoms with van der Waals surface area (Å²) in [4.78, 5) is 37.2. The molecule has 0 aromatic rings. The van der Waals surface area contributed by atoms with E-state index in [1.54, 1.807) is 13.8 Å². The Hall–Kier alpha value is -2.01. The maximum Gasteiger partial charge on any atom is 0.310 e. The smallest absolute Gasteiger partial charge is 0.310 e. The molecule has 4 saturated carbocycles. The van der Waals surface area contributed by atoms with Crippen molar-refractivity contribution in [3.05, 3.63) is 11.6 Å². The molecule has 7 rings (SSSR count). The Morgan fingerprint density at radius 3 is 2.12 bits per heavy atom. The van der Waals surface area contributed by atoms with Gasteiger partial charge in [-0.1, -0.05) is 60.1 Å². The predicted octanol–water partition coefficient (Wildman–Crippen LogP) is 7.96. The van der Waals surface area contributed by atoms with E-state index in [4.69, 9.17) is 28.4 Å². The summed E-state index contributed by atoms with van der Waals surface area (Å²) in [6.07, 6.45) is 7.71. The Bertz CT molecular complexity index is 1520. The van der Waals surface area contributed by atoms with Crippen molar-refractivity contribution < 1.29 is 47.9 Å². The number of allylic oxidation sites excluding steroid dienone is 2. The monoisotopic (exact) mass is 728 g/mol. The highest BCUT2D eigenvalue weighted by atomic mass is 16.9. The lowest BCUT2D eigenvalue weighted by molar-refractivity contribution is -0.378. The number of fused-ring (bicyclic) bond motifs is 8. The molecule has 1 unspecified atom stereocenters. The van der Waals surface area contributed by atoms with Crippen molar-refractivity contribution in [1.82, 2.24) is 0 Å². The quantitative estimate of drug-likeness (QED) is 0.220. The SMILES string of the molecule is CC(=O)O[C@@H]1[C@@H](OC(C)=O)[C@H](C)O[C@@H]2OC(C)(O[C@H]3CC[C@]4(C)[C@H]5CC=C6[C@@H]7CC(C)(C)CC[C@]7(C(=O)O)CC[C@@]6(C)[C@]5(C)CC[C@H]4C3(C)C)O[C@@H]21. The van der Waals surface area contributed by atoms with Gasteiger partial charge in [-0.25, -0.2) is 0 Å². The number of aliphatic carboxylic acids is 1. The van der Waals surface area contributed by atoms with Crippen molar-refractivity contribution >= 4 is 17.9 Å². The number of rotatable bonds is 5. The Morgan fingerprint density at radius 1 is 0.808 bits per heavy atom. The van der Waals surface area contributed by atoms with Gasteiger partial charge in [-0.05, 0) is 116 Å². The topological polar surface area (TPSA) is 127 Å². The molecule has 7 aliphatic rings. The van der Waals surface area contributed by atoms with E-state index < -0.39 is 60.0 Å². The molecule has 0 bridgehead atoms. The van der Waals surface area contributed by atoms with Crippen LogP contribution < -0.4 is 0 Å². The molecule has 0 amide bonds. The van der Waals surface area contributed by atoms with Gasteiger partial charge in [0.05, 0.1) is 17.6 Å². The standard InChI is InChI=1S/C42H64O10/c1-23-31(48-24(2)43)32(49-25(3)44)33-34(47-23)52-41(11,51-33)50-30-15-16-38(8)28(37(30,6)7)14-17-40(10)29(38)13-12-26-27-22-36(4,5)18-20-42(27,35(45)46)21-19-39(26,40)9/h12,23,27-34H,13-22H2,1-11H3,(H,45,46)/t23-,27-,28-,29+,30-,31-,32+,33+,34+,38-,39+,40+,41?,42-/m0/s1. The molecule has 0 radical (unpaired) electrons. The lowest BCUT2D eigenvalue weighted by Gasteiger charge is -2.71. The van der Waals surface area contributed by atoms with Crippen LogP contribution in [0.4, 0.5) is 0 Å². The van der Waals surface area contributed by atoms with E-state index in [0.717, 1.165) is 64.2 Å². The van der Waals surface area contributed by atoms with Gasteiger partial charge in [-0.15, -0.1) is 0 Å². The third kappa shape index (κ3) is 5.57. The van der Waals surface area contributed by atoms with Gasteiger partial charge in [0.15, 0.2) is 24.6 Å². The lowest BCUT2D eigenvalue weighted by atomic mass is 9.33. The lowest BCUT2D eigenvalue weighted by Crippen LogP contribution is -2.65. The fourth-order valence-corrected chi connectivity index (χ4v) is 13.5. The second-order valence-corrected chi connectivity index (χ2v) is 20.1. The number of hydrogen-bond acceptors (Lipinski definition) is 9. The van der Waals surface area contributed by atoms with Crippen LogP contribution in [0.25, 0.3) is 0 Å². The molecular weight excluding hydrogens is 664 g/mol. The van der Waals surface area contributed by atoms with E-state index in [9.17, 15) is 19.5 Å². The minimum atomic E-state index is -1.46. The van der Waals surface area contributed by atoms with Gasteiger partial charge in [0.1, 0.15) is 0 Å². The first-order valence-corrected chi connectivity index (χ1v) is 20.0. The Labute approximate surface area is 310 Å². The van der Waals surface area contributed by atoms with Gasteiger partial charge in [0.2, 0.25) is 0 Å². The van der Waals surface area contributed by atoms with Gasteiger partial charge in [-0.3, -0.25) is 19.1 Å². The maximum absolute atomic E-state index is 13.0. The summed E-state index contributed by atoms with van der Waals surface area (Å²) in [6.45, 7) is 23.1. The van der Waals surface area contributed by atoms with Crippen molar-refractivity contribution in [2.45, 2.75) is 183 Å². The predicted molar refractivity (Wildman–Crippen MR) is 191 cm³/mol. The number of carbonyl (C=O) groups excluding carboxylic acids is 2. The van der Waals surface area contributed by atoms with Crippen LogP contribution in [0.2, 0.25) is 0 Å². The summed E-state index contributed by atoms with van der Waals surface area (Å²) in [5, 5.41) is 10.7. The molecule has 2 aliphatic heterocycles. The minimum absolute atomic E-state index is 0.0344. The van der Waals surface area contributed by atoms with Crippen molar-refractivity contribution in [2.24, 2.45) is 50.2 Å². The zero-order valence-corrected chi connectivity index (χ0v) is 33.5. The van der Waals surface area contributed by atoms with Gasteiger partial charge in [0, 0.05) is 20.8 Å². The molecular formula is C42H64O10. The molecule has 10 heteroatoms. The number of hydrogen-bond donors (Lipinski definition) is 1. The van der Waals surface area contributed by atoms with Crippen molar-refractivity contribution in [3.8, 4) is 0 Å². The van der Waals surface area contributed by atoms with Gasteiger partial charge < -0.3 is 28.8 Å². The number of carbonyl (C=O) groups is 3. The van der Waals surface area contributed by atoms with Crippen LogP contribution in [0.5, 0.6) is 0 Å². The van der Waals surface area contributed by atoms with E-state index in [0.29, 0.717) is 11.8 Å². The fraction of sp³-hybridized carbons (Fsp3) is 0.881. The normalized spacial score (nSPS) is 50.2. The number of carboxylic acid groups (broad SMARTS) is 1. The molecule has 0 aromatic heterocycles. The summed E-state index contributed by atoms with van der Waals surface area (Å²) in [5.41, 5.74) is 0.841. The summed E-state index contributed by atoms with van der Waals surface area (Å²) < 4.78 is 37.0. The first-order valence-electron chi connectivity index (χ1n) is 20.0. The summed E-state index contributed by atoms with van der Waals surface area (Å²) in [6, 6.07) is 0. The van der Waals surface area contributed by atoms with E-state index >= 15 is 0 Å². The molecule has 10 nitrogen and oxygen atoms in total. The molecule has 5 aliphatic carbocycles. The van der Waals surface area contributed by atoms with Crippen molar-refractivity contribution in [3.63, 3.8) is 0 Å². The van der Waals surface area contributed by atoms with Crippen LogP contribution >= 0.6 is 0 Å². The molecule has 1 N–H and O–H groups in total. The Balaban J connectivity index is 1.13. The molecule has 292 valence electrons. The zero-order chi connectivity index (χ0) is 38.0. The third-order valence-corrected chi connectivity index (χ3v) is 16.4. The average Bonchev–Trinajstić information content (AvgIpc) is 3.35. The van der Waals surface area contributed by atoms with Crippen LogP contribution in [0, 0.1) is 50.2 Å². The molecule has 14 atom stereocenters. The first kappa shape index (κ1) is 38.3. The molecule has 0 spiro atoms. The van der Waals surface area contributed by atoms with Crippen molar-refractivity contribution in [1.29, 1.82) is 0 Å². The van der Waals surface area contributed by atoms with E-state index in [1.165, 1.54) is 19.4 Å². The van der Waals surface area contributed by atoms with Crippen LogP contribution in [-0.4, -0.2) is 65.8 Å². The maximum atomic E-state index is 13.0. The van der Waals surface area contributed by atoms with Gasteiger partial charge in [0.25, 0.3) is 5.97 Å².